The van der Waals surface area contributed by atoms with Crippen molar-refractivity contribution in [3.63, 3.8) is 0 Å². The average Bonchev–Trinajstić information content (AvgIpc) is 2.55. The molecule has 4 heteroatoms. The summed E-state index contributed by atoms with van der Waals surface area (Å²) in [5.74, 6) is 1.29. The summed E-state index contributed by atoms with van der Waals surface area (Å²) in [4.78, 5) is 11.0. The highest BCUT2D eigenvalue weighted by atomic mass is 16.1. The maximum atomic E-state index is 11.0. The largest absolute Gasteiger partial charge is 0.364 e. The monoisotopic (exact) mass is 189 g/mol. The zero-order valence-corrected chi connectivity index (χ0v) is 7.66. The fourth-order valence-electron chi connectivity index (χ4n) is 2.69. The number of hydrogen-bond acceptors (Lipinski definition) is 2. The predicted octanol–water partition coefficient (Wildman–Crippen LogP) is 0.580. The van der Waals surface area contributed by atoms with E-state index in [-0.39, 0.29) is 0 Å². The molecular formula is C10H11N3O. The van der Waals surface area contributed by atoms with Crippen molar-refractivity contribution in [2.24, 2.45) is 17.6 Å². The van der Waals surface area contributed by atoms with E-state index in [1.165, 1.54) is 0 Å². The summed E-state index contributed by atoms with van der Waals surface area (Å²) in [6.07, 6.45) is 2.91. The summed E-state index contributed by atoms with van der Waals surface area (Å²) in [7, 11) is 0. The van der Waals surface area contributed by atoms with Crippen molar-refractivity contribution in [1.29, 1.82) is 0 Å². The van der Waals surface area contributed by atoms with Crippen LogP contribution in [-0.2, 0) is 6.42 Å². The van der Waals surface area contributed by atoms with Gasteiger partial charge in [0.25, 0.3) is 5.91 Å². The van der Waals surface area contributed by atoms with Crippen molar-refractivity contribution in [3.8, 4) is 0 Å². The van der Waals surface area contributed by atoms with Crippen LogP contribution < -0.4 is 5.73 Å². The van der Waals surface area contributed by atoms with Crippen molar-refractivity contribution in [2.75, 3.05) is 0 Å². The Hall–Kier alpha value is -1.58. The molecule has 0 spiro atoms. The lowest BCUT2D eigenvalue weighted by Crippen LogP contribution is -2.14. The number of allylic oxidation sites excluding steroid dienone is 1. The van der Waals surface area contributed by atoms with Gasteiger partial charge in [-0.05, 0) is 18.3 Å². The summed E-state index contributed by atoms with van der Waals surface area (Å²) < 4.78 is 0. The summed E-state index contributed by atoms with van der Waals surface area (Å²) in [6.45, 7) is 3.79. The van der Waals surface area contributed by atoms with Crippen LogP contribution >= 0.6 is 0 Å². The molecule has 0 aliphatic heterocycles. The molecule has 14 heavy (non-hydrogen) atoms. The van der Waals surface area contributed by atoms with Crippen LogP contribution in [0.5, 0.6) is 0 Å². The van der Waals surface area contributed by atoms with E-state index in [0.29, 0.717) is 23.4 Å². The third kappa shape index (κ3) is 0.737. The molecule has 1 heterocycles. The lowest BCUT2D eigenvalue weighted by Gasteiger charge is -1.98. The second-order valence-corrected chi connectivity index (χ2v) is 4.04. The fraction of sp³-hybridized carbons (Fsp3) is 0.400. The number of aromatic amines is 1. The molecule has 0 unspecified atom stereocenters. The van der Waals surface area contributed by atoms with Gasteiger partial charge >= 0.3 is 0 Å². The van der Waals surface area contributed by atoms with Gasteiger partial charge in [-0.2, -0.15) is 5.10 Å². The van der Waals surface area contributed by atoms with Crippen LogP contribution in [0.2, 0.25) is 0 Å². The number of nitrogens with one attached hydrogen (secondary N) is 1. The molecule has 1 amide bonds. The minimum absolute atomic E-state index is 0.426. The predicted molar refractivity (Wildman–Crippen MR) is 50.7 cm³/mol. The number of carbonyl (C=O) groups excluding carboxylic acids is 1. The SMILES string of the molecule is C=C[C@@H]1[C@H]2Cc3c(C(N)=O)n[nH]c3[C@@H]12. The molecule has 3 rings (SSSR count). The molecule has 0 aromatic carbocycles. The number of rotatable bonds is 2. The zero-order chi connectivity index (χ0) is 9.87. The van der Waals surface area contributed by atoms with Crippen LogP contribution in [0, 0.1) is 11.8 Å². The molecule has 2 aliphatic rings. The molecule has 72 valence electrons. The Bertz CT molecular complexity index is 435. The molecule has 0 saturated heterocycles. The fourth-order valence-corrected chi connectivity index (χ4v) is 2.69. The number of amides is 1. The molecule has 0 bridgehead atoms. The lowest BCUT2D eigenvalue weighted by molar-refractivity contribution is 0.0994. The highest BCUT2D eigenvalue weighted by Crippen LogP contribution is 2.61. The quantitative estimate of drug-likeness (QED) is 0.668. The molecule has 1 aromatic heterocycles. The number of fused-ring (bicyclic) bond motifs is 3. The third-order valence-electron chi connectivity index (χ3n) is 3.41. The van der Waals surface area contributed by atoms with Crippen molar-refractivity contribution in [3.05, 3.63) is 29.6 Å². The van der Waals surface area contributed by atoms with Gasteiger partial charge in [0, 0.05) is 17.2 Å². The Labute approximate surface area is 81.2 Å². The molecule has 2 aliphatic carbocycles. The maximum absolute atomic E-state index is 11.0. The zero-order valence-electron chi connectivity index (χ0n) is 7.66. The van der Waals surface area contributed by atoms with E-state index in [1.54, 1.807) is 0 Å². The first-order valence-corrected chi connectivity index (χ1v) is 4.73. The molecule has 4 nitrogen and oxygen atoms in total. The summed E-state index contributed by atoms with van der Waals surface area (Å²) in [5, 5.41) is 6.87. The van der Waals surface area contributed by atoms with Crippen LogP contribution in [0.25, 0.3) is 0 Å². The molecule has 0 radical (unpaired) electrons. The van der Waals surface area contributed by atoms with Gasteiger partial charge in [-0.25, -0.2) is 0 Å². The van der Waals surface area contributed by atoms with Crippen molar-refractivity contribution in [1.82, 2.24) is 10.2 Å². The summed E-state index contributed by atoms with van der Waals surface area (Å²) in [6, 6.07) is 0. The molecule has 1 aromatic rings. The van der Waals surface area contributed by atoms with E-state index < -0.39 is 5.91 Å². The van der Waals surface area contributed by atoms with Crippen molar-refractivity contribution < 1.29 is 4.79 Å². The maximum Gasteiger partial charge on any atom is 0.269 e. The van der Waals surface area contributed by atoms with E-state index in [0.717, 1.165) is 17.7 Å². The van der Waals surface area contributed by atoms with E-state index in [4.69, 9.17) is 5.73 Å². The van der Waals surface area contributed by atoms with Gasteiger partial charge in [0.1, 0.15) is 0 Å². The van der Waals surface area contributed by atoms with Gasteiger partial charge in [-0.3, -0.25) is 9.89 Å². The van der Waals surface area contributed by atoms with Crippen LogP contribution in [0.3, 0.4) is 0 Å². The Balaban J connectivity index is 2.02. The second-order valence-electron chi connectivity index (χ2n) is 4.04. The average molecular weight is 189 g/mol. The first kappa shape index (κ1) is 7.79. The van der Waals surface area contributed by atoms with Gasteiger partial charge in [0.15, 0.2) is 5.69 Å². The highest BCUT2D eigenvalue weighted by molar-refractivity contribution is 5.93. The smallest absolute Gasteiger partial charge is 0.269 e. The minimum atomic E-state index is -0.432. The lowest BCUT2D eigenvalue weighted by atomic mass is 10.1. The first-order chi connectivity index (χ1) is 6.74. The van der Waals surface area contributed by atoms with E-state index in [9.17, 15) is 4.79 Å². The number of nitrogens with two attached hydrogens (primary N) is 1. The standard InChI is InChI=1S/C10H11N3O/c1-2-4-5-3-6-8(7(4)5)12-13-9(6)10(11)14/h2,4-5,7H,1,3H2,(H2,11,14)(H,12,13)/t4-,5-,7+/m1/s1. The molecule has 1 saturated carbocycles. The number of H-pyrrole nitrogens is 1. The van der Waals surface area contributed by atoms with Gasteiger partial charge in [-0.1, -0.05) is 6.08 Å². The van der Waals surface area contributed by atoms with Gasteiger partial charge < -0.3 is 5.73 Å². The van der Waals surface area contributed by atoms with Gasteiger partial charge in [0.2, 0.25) is 0 Å². The second kappa shape index (κ2) is 2.26. The Kier molecular flexibility index (Phi) is 1.26. The van der Waals surface area contributed by atoms with E-state index in [2.05, 4.69) is 16.8 Å². The van der Waals surface area contributed by atoms with E-state index in [1.807, 2.05) is 6.08 Å². The van der Waals surface area contributed by atoms with Crippen LogP contribution in [0.15, 0.2) is 12.7 Å². The Morgan fingerprint density at radius 1 is 1.71 bits per heavy atom. The normalized spacial score (nSPS) is 32.1. The van der Waals surface area contributed by atoms with Crippen molar-refractivity contribution in [2.45, 2.75) is 12.3 Å². The van der Waals surface area contributed by atoms with Gasteiger partial charge in [-0.15, -0.1) is 6.58 Å². The van der Waals surface area contributed by atoms with Crippen LogP contribution in [0.4, 0.5) is 0 Å². The number of primary amides is 1. The third-order valence-corrected chi connectivity index (χ3v) is 3.41. The van der Waals surface area contributed by atoms with E-state index >= 15 is 0 Å². The first-order valence-electron chi connectivity index (χ1n) is 4.73. The number of aromatic nitrogens is 2. The number of hydrogen-bond donors (Lipinski definition) is 2. The summed E-state index contributed by atoms with van der Waals surface area (Å²) in [5.41, 5.74) is 7.78. The topological polar surface area (TPSA) is 71.8 Å². The highest BCUT2D eigenvalue weighted by Gasteiger charge is 2.56. The molecule has 3 atom stereocenters. The number of nitrogens with zero attached hydrogens (tertiary/aromatic N) is 1. The summed E-state index contributed by atoms with van der Waals surface area (Å²) >= 11 is 0. The van der Waals surface area contributed by atoms with Crippen LogP contribution in [0.1, 0.15) is 27.7 Å². The molecular weight excluding hydrogens is 178 g/mol. The molecule has 1 fully saturated rings. The Morgan fingerprint density at radius 2 is 2.50 bits per heavy atom. The van der Waals surface area contributed by atoms with Crippen LogP contribution in [-0.4, -0.2) is 16.1 Å². The molecule has 3 N–H and O–H groups in total. The number of carbonyl (C=O) groups is 1. The Morgan fingerprint density at radius 3 is 3.14 bits per heavy atom. The van der Waals surface area contributed by atoms with Gasteiger partial charge in [0.05, 0.1) is 0 Å². The minimum Gasteiger partial charge on any atom is -0.364 e. The van der Waals surface area contributed by atoms with Crippen molar-refractivity contribution >= 4 is 5.91 Å².